The third kappa shape index (κ3) is 3.88. The maximum atomic E-state index is 11.3. The molecule has 0 saturated heterocycles. The molecule has 1 unspecified atom stereocenters. The second-order valence-corrected chi connectivity index (χ2v) is 4.22. The highest BCUT2D eigenvalue weighted by Gasteiger charge is 2.38. The molecule has 16 heavy (non-hydrogen) atoms. The molecule has 1 amide bonds. The summed E-state index contributed by atoms with van der Waals surface area (Å²) in [6, 6.07) is 0. The van der Waals surface area contributed by atoms with E-state index in [1.165, 1.54) is 6.92 Å². The summed E-state index contributed by atoms with van der Waals surface area (Å²) in [5.74, 6) is -3.01. The lowest BCUT2D eigenvalue weighted by Crippen LogP contribution is -2.40. The summed E-state index contributed by atoms with van der Waals surface area (Å²) in [5, 5.41) is 19.5. The van der Waals surface area contributed by atoms with E-state index in [1.54, 1.807) is 13.8 Å². The molecule has 1 atom stereocenters. The number of carbonyl (C=O) groups is 3. The molecular formula is C10H17NO5. The molecule has 0 heterocycles. The molecule has 0 saturated carbocycles. The molecule has 0 spiro atoms. The van der Waals surface area contributed by atoms with Gasteiger partial charge in [-0.25, -0.2) is 0 Å². The Hall–Kier alpha value is -1.59. The van der Waals surface area contributed by atoms with Crippen molar-refractivity contribution in [3.8, 4) is 0 Å². The van der Waals surface area contributed by atoms with E-state index in [-0.39, 0.29) is 12.3 Å². The van der Waals surface area contributed by atoms with Crippen molar-refractivity contribution in [3.63, 3.8) is 0 Å². The Morgan fingerprint density at radius 2 is 1.75 bits per heavy atom. The van der Waals surface area contributed by atoms with Crippen molar-refractivity contribution in [2.45, 2.75) is 27.2 Å². The number of amides is 1. The molecule has 3 N–H and O–H groups in total. The largest absolute Gasteiger partial charge is 0.481 e. The fourth-order valence-corrected chi connectivity index (χ4v) is 1.10. The number of rotatable bonds is 6. The molecule has 0 aromatic heterocycles. The molecule has 0 fully saturated rings. The Morgan fingerprint density at radius 1 is 1.25 bits per heavy atom. The molecular weight excluding hydrogens is 214 g/mol. The van der Waals surface area contributed by atoms with Gasteiger partial charge in [-0.2, -0.15) is 0 Å². The fraction of sp³-hybridized carbons (Fsp3) is 0.700. The SMILES string of the molecule is CC(C)C(C)(CC(=O)NCC(=O)O)C(=O)O. The lowest BCUT2D eigenvalue weighted by Gasteiger charge is -2.28. The van der Waals surface area contributed by atoms with Crippen LogP contribution in [0.2, 0.25) is 0 Å². The third-order valence-corrected chi connectivity index (χ3v) is 2.73. The highest BCUT2D eigenvalue weighted by Crippen LogP contribution is 2.31. The second kappa shape index (κ2) is 5.48. The van der Waals surface area contributed by atoms with Gasteiger partial charge in [0.05, 0.1) is 5.41 Å². The van der Waals surface area contributed by atoms with Crippen molar-refractivity contribution in [3.05, 3.63) is 0 Å². The Bertz CT molecular complexity index is 300. The van der Waals surface area contributed by atoms with Gasteiger partial charge >= 0.3 is 11.9 Å². The van der Waals surface area contributed by atoms with Gasteiger partial charge in [0, 0.05) is 6.42 Å². The monoisotopic (exact) mass is 231 g/mol. The average Bonchev–Trinajstić information content (AvgIpc) is 2.13. The maximum Gasteiger partial charge on any atom is 0.322 e. The van der Waals surface area contributed by atoms with Crippen LogP contribution in [-0.2, 0) is 14.4 Å². The standard InChI is InChI=1S/C10H17NO5/c1-6(2)10(3,9(15)16)4-7(12)11-5-8(13)14/h6H,4-5H2,1-3H3,(H,11,12)(H,13,14)(H,15,16). The van der Waals surface area contributed by atoms with Crippen molar-refractivity contribution < 1.29 is 24.6 Å². The average molecular weight is 231 g/mol. The van der Waals surface area contributed by atoms with Crippen molar-refractivity contribution in [2.75, 3.05) is 6.54 Å². The van der Waals surface area contributed by atoms with Gasteiger partial charge in [-0.15, -0.1) is 0 Å². The van der Waals surface area contributed by atoms with E-state index < -0.39 is 29.8 Å². The van der Waals surface area contributed by atoms with Crippen LogP contribution >= 0.6 is 0 Å². The van der Waals surface area contributed by atoms with Crippen LogP contribution in [0.5, 0.6) is 0 Å². The zero-order valence-electron chi connectivity index (χ0n) is 9.61. The zero-order valence-corrected chi connectivity index (χ0v) is 9.61. The summed E-state index contributed by atoms with van der Waals surface area (Å²) >= 11 is 0. The van der Waals surface area contributed by atoms with Crippen LogP contribution in [0.3, 0.4) is 0 Å². The van der Waals surface area contributed by atoms with Gasteiger partial charge in [0.1, 0.15) is 6.54 Å². The number of carboxylic acids is 2. The molecule has 0 aromatic carbocycles. The first kappa shape index (κ1) is 14.4. The van der Waals surface area contributed by atoms with Gasteiger partial charge in [-0.05, 0) is 12.8 Å². The summed E-state index contributed by atoms with van der Waals surface area (Å²) in [6.45, 7) is 4.39. The van der Waals surface area contributed by atoms with Gasteiger partial charge in [-0.1, -0.05) is 13.8 Å². The maximum absolute atomic E-state index is 11.3. The number of aliphatic carboxylic acids is 2. The number of hydrogen-bond acceptors (Lipinski definition) is 3. The molecule has 0 radical (unpaired) electrons. The number of nitrogens with one attached hydrogen (secondary N) is 1. The van der Waals surface area contributed by atoms with Crippen LogP contribution in [0.15, 0.2) is 0 Å². The number of carboxylic acid groups (broad SMARTS) is 2. The zero-order chi connectivity index (χ0) is 12.9. The highest BCUT2D eigenvalue weighted by atomic mass is 16.4. The van der Waals surface area contributed by atoms with Crippen molar-refractivity contribution in [2.24, 2.45) is 11.3 Å². The van der Waals surface area contributed by atoms with Crippen LogP contribution in [0, 0.1) is 11.3 Å². The number of hydrogen-bond donors (Lipinski definition) is 3. The molecule has 0 aromatic rings. The van der Waals surface area contributed by atoms with Crippen molar-refractivity contribution in [1.82, 2.24) is 5.32 Å². The van der Waals surface area contributed by atoms with Gasteiger partial charge < -0.3 is 15.5 Å². The minimum Gasteiger partial charge on any atom is -0.481 e. The van der Waals surface area contributed by atoms with E-state index in [0.717, 1.165) is 0 Å². The minimum atomic E-state index is -1.18. The minimum absolute atomic E-state index is 0.222. The van der Waals surface area contributed by atoms with Crippen molar-refractivity contribution in [1.29, 1.82) is 0 Å². The summed E-state index contributed by atoms with van der Waals surface area (Å²) in [6.07, 6.45) is -0.229. The van der Waals surface area contributed by atoms with E-state index in [1.807, 2.05) is 0 Å². The third-order valence-electron chi connectivity index (χ3n) is 2.73. The smallest absolute Gasteiger partial charge is 0.322 e. The molecule has 6 nitrogen and oxygen atoms in total. The summed E-state index contributed by atoms with van der Waals surface area (Å²) in [7, 11) is 0. The Balaban J connectivity index is 4.48. The van der Waals surface area contributed by atoms with Gasteiger partial charge in [-0.3, -0.25) is 14.4 Å². The predicted octanol–water partition coefficient (Wildman–Crippen LogP) is 0.324. The molecule has 0 aliphatic heterocycles. The van der Waals surface area contributed by atoms with Crippen LogP contribution < -0.4 is 5.32 Å². The molecule has 0 aliphatic carbocycles. The molecule has 6 heteroatoms. The predicted molar refractivity (Wildman–Crippen MR) is 55.8 cm³/mol. The van der Waals surface area contributed by atoms with Gasteiger partial charge in [0.25, 0.3) is 0 Å². The quantitative estimate of drug-likeness (QED) is 0.611. The first-order valence-corrected chi connectivity index (χ1v) is 4.92. The second-order valence-electron chi connectivity index (χ2n) is 4.22. The van der Waals surface area contributed by atoms with Gasteiger partial charge in [0.2, 0.25) is 5.91 Å². The van der Waals surface area contributed by atoms with Crippen LogP contribution in [-0.4, -0.2) is 34.6 Å². The summed E-state index contributed by atoms with van der Waals surface area (Å²) in [4.78, 5) is 32.6. The Morgan fingerprint density at radius 3 is 2.06 bits per heavy atom. The van der Waals surface area contributed by atoms with E-state index in [4.69, 9.17) is 10.2 Å². The van der Waals surface area contributed by atoms with Gasteiger partial charge in [0.15, 0.2) is 0 Å². The Kier molecular flexibility index (Phi) is 4.94. The fourth-order valence-electron chi connectivity index (χ4n) is 1.10. The van der Waals surface area contributed by atoms with Crippen LogP contribution in [0.4, 0.5) is 0 Å². The Labute approximate surface area is 93.6 Å². The number of carbonyl (C=O) groups excluding carboxylic acids is 1. The first-order chi connectivity index (χ1) is 7.20. The molecule has 0 rings (SSSR count). The lowest BCUT2D eigenvalue weighted by molar-refractivity contribution is -0.153. The summed E-state index contributed by atoms with van der Waals surface area (Å²) < 4.78 is 0. The van der Waals surface area contributed by atoms with E-state index >= 15 is 0 Å². The van der Waals surface area contributed by atoms with E-state index in [0.29, 0.717) is 0 Å². The van der Waals surface area contributed by atoms with E-state index in [9.17, 15) is 14.4 Å². The van der Waals surface area contributed by atoms with Crippen molar-refractivity contribution >= 4 is 17.8 Å². The van der Waals surface area contributed by atoms with Crippen LogP contribution in [0.25, 0.3) is 0 Å². The first-order valence-electron chi connectivity index (χ1n) is 4.92. The summed E-state index contributed by atoms with van der Waals surface area (Å²) in [5.41, 5.74) is -1.18. The topological polar surface area (TPSA) is 104 Å². The highest BCUT2D eigenvalue weighted by molar-refractivity contribution is 5.86. The molecule has 0 bridgehead atoms. The molecule has 92 valence electrons. The molecule has 0 aliphatic rings. The normalized spacial score (nSPS) is 14.2. The van der Waals surface area contributed by atoms with Crippen LogP contribution in [0.1, 0.15) is 27.2 Å². The van der Waals surface area contributed by atoms with E-state index in [2.05, 4.69) is 5.32 Å². The lowest BCUT2D eigenvalue weighted by atomic mass is 9.76.